The quantitative estimate of drug-likeness (QED) is 0.850. The fourth-order valence-electron chi connectivity index (χ4n) is 3.25. The third-order valence-electron chi connectivity index (χ3n) is 4.50. The van der Waals surface area contributed by atoms with Crippen molar-refractivity contribution in [3.8, 4) is 0 Å². The summed E-state index contributed by atoms with van der Waals surface area (Å²) in [6.07, 6.45) is -0.176. The fraction of sp³-hybridized carbons (Fsp3) is 0.857. The first-order valence-electron chi connectivity index (χ1n) is 7.49. The Balaban J connectivity index is 1.99. The van der Waals surface area contributed by atoms with Gasteiger partial charge in [0, 0.05) is 12.6 Å². The number of likely N-dealkylation sites (tertiary alicyclic amines) is 1. The van der Waals surface area contributed by atoms with Crippen molar-refractivity contribution < 1.29 is 22.8 Å². The first kappa shape index (κ1) is 16.1. The van der Waals surface area contributed by atoms with E-state index >= 15 is 0 Å². The lowest BCUT2D eigenvalue weighted by molar-refractivity contribution is -0.186. The van der Waals surface area contributed by atoms with E-state index in [4.69, 9.17) is 0 Å². The van der Waals surface area contributed by atoms with Crippen molar-refractivity contribution in [3.05, 3.63) is 0 Å². The number of nitrogens with zero attached hydrogens (tertiary/aromatic N) is 1. The van der Waals surface area contributed by atoms with Gasteiger partial charge < -0.3 is 10.2 Å². The molecule has 1 saturated heterocycles. The lowest BCUT2D eigenvalue weighted by Crippen LogP contribution is -2.53. The van der Waals surface area contributed by atoms with Crippen LogP contribution in [0, 0.1) is 5.92 Å². The van der Waals surface area contributed by atoms with Gasteiger partial charge in [0.15, 0.2) is 0 Å². The SMILES string of the molecule is CC1CCCCC1NC(=O)C1CCCN1C(=O)C(F)(F)F. The molecule has 0 aromatic carbocycles. The standard InChI is InChI=1S/C14H21F3N2O2/c1-9-5-2-3-6-10(9)18-12(20)11-7-4-8-19(11)13(21)14(15,16)17/h9-11H,2-8H2,1H3,(H,18,20). The van der Waals surface area contributed by atoms with Gasteiger partial charge in [0.2, 0.25) is 5.91 Å². The maximum Gasteiger partial charge on any atom is 0.471 e. The number of amides is 2. The summed E-state index contributed by atoms with van der Waals surface area (Å²) in [5.41, 5.74) is 0. The van der Waals surface area contributed by atoms with E-state index in [9.17, 15) is 22.8 Å². The van der Waals surface area contributed by atoms with Crippen LogP contribution in [0.4, 0.5) is 13.2 Å². The molecule has 1 aliphatic carbocycles. The number of nitrogens with one attached hydrogen (secondary N) is 1. The first-order valence-corrected chi connectivity index (χ1v) is 7.49. The van der Waals surface area contributed by atoms with Gasteiger partial charge in [-0.25, -0.2) is 0 Å². The van der Waals surface area contributed by atoms with Gasteiger partial charge >= 0.3 is 12.1 Å². The van der Waals surface area contributed by atoms with Crippen molar-refractivity contribution in [2.45, 2.75) is 63.7 Å². The molecule has 0 spiro atoms. The van der Waals surface area contributed by atoms with Crippen molar-refractivity contribution in [1.82, 2.24) is 10.2 Å². The first-order chi connectivity index (χ1) is 9.80. The summed E-state index contributed by atoms with van der Waals surface area (Å²) in [5.74, 6) is -2.02. The summed E-state index contributed by atoms with van der Waals surface area (Å²) >= 11 is 0. The predicted octanol–water partition coefficient (Wildman–Crippen LogP) is 2.23. The number of hydrogen-bond donors (Lipinski definition) is 1. The predicted molar refractivity (Wildman–Crippen MR) is 70.4 cm³/mol. The molecule has 1 heterocycles. The van der Waals surface area contributed by atoms with Crippen molar-refractivity contribution >= 4 is 11.8 Å². The largest absolute Gasteiger partial charge is 0.471 e. The molecule has 2 aliphatic rings. The van der Waals surface area contributed by atoms with Crippen molar-refractivity contribution in [3.63, 3.8) is 0 Å². The molecule has 1 aliphatic heterocycles. The average Bonchev–Trinajstić information content (AvgIpc) is 2.88. The second-order valence-electron chi connectivity index (χ2n) is 6.03. The molecular formula is C14H21F3N2O2. The van der Waals surface area contributed by atoms with Crippen LogP contribution in [0.3, 0.4) is 0 Å². The minimum atomic E-state index is -4.92. The van der Waals surface area contributed by atoms with E-state index in [0.717, 1.165) is 25.7 Å². The summed E-state index contributed by atoms with van der Waals surface area (Å²) in [6, 6.07) is -0.969. The van der Waals surface area contributed by atoms with Crippen LogP contribution in [0.15, 0.2) is 0 Å². The van der Waals surface area contributed by atoms with E-state index in [-0.39, 0.29) is 12.6 Å². The number of rotatable bonds is 2. The van der Waals surface area contributed by atoms with E-state index in [2.05, 4.69) is 5.32 Å². The molecule has 120 valence electrons. The zero-order valence-corrected chi connectivity index (χ0v) is 12.1. The highest BCUT2D eigenvalue weighted by Gasteiger charge is 2.47. The van der Waals surface area contributed by atoms with Gasteiger partial charge in [-0.3, -0.25) is 9.59 Å². The third-order valence-corrected chi connectivity index (χ3v) is 4.50. The zero-order chi connectivity index (χ0) is 15.6. The third kappa shape index (κ3) is 3.68. The summed E-state index contributed by atoms with van der Waals surface area (Å²) in [5, 5.41) is 2.85. The highest BCUT2D eigenvalue weighted by Crippen LogP contribution is 2.27. The molecule has 2 rings (SSSR count). The van der Waals surface area contributed by atoms with Crippen LogP contribution in [-0.2, 0) is 9.59 Å². The Kier molecular flexibility index (Phi) is 4.78. The van der Waals surface area contributed by atoms with Gasteiger partial charge in [-0.2, -0.15) is 13.2 Å². The molecule has 2 fully saturated rings. The molecule has 0 radical (unpaired) electrons. The van der Waals surface area contributed by atoms with Crippen molar-refractivity contribution in [2.75, 3.05) is 6.54 Å². The molecule has 1 N–H and O–H groups in total. The molecule has 7 heteroatoms. The summed E-state index contributed by atoms with van der Waals surface area (Å²) in [6.45, 7) is 2.04. The van der Waals surface area contributed by atoms with Gasteiger partial charge in [-0.1, -0.05) is 19.8 Å². The smallest absolute Gasteiger partial charge is 0.351 e. The molecule has 0 aromatic heterocycles. The van der Waals surface area contributed by atoms with Gasteiger partial charge in [0.25, 0.3) is 0 Å². The normalized spacial score (nSPS) is 30.3. The van der Waals surface area contributed by atoms with Gasteiger partial charge in [0.1, 0.15) is 6.04 Å². The molecule has 3 atom stereocenters. The van der Waals surface area contributed by atoms with Gasteiger partial charge in [-0.15, -0.1) is 0 Å². The fourth-order valence-corrected chi connectivity index (χ4v) is 3.25. The topological polar surface area (TPSA) is 49.4 Å². The van der Waals surface area contributed by atoms with Crippen LogP contribution in [0.25, 0.3) is 0 Å². The second-order valence-corrected chi connectivity index (χ2v) is 6.03. The Morgan fingerprint density at radius 2 is 1.76 bits per heavy atom. The summed E-state index contributed by atoms with van der Waals surface area (Å²) < 4.78 is 37.6. The van der Waals surface area contributed by atoms with Crippen LogP contribution < -0.4 is 5.32 Å². The number of hydrogen-bond acceptors (Lipinski definition) is 2. The Bertz CT molecular complexity index is 412. The van der Waals surface area contributed by atoms with Crippen LogP contribution in [0.2, 0.25) is 0 Å². The minimum absolute atomic E-state index is 0.00332. The monoisotopic (exact) mass is 306 g/mol. The number of carbonyl (C=O) groups excluding carboxylic acids is 2. The lowest BCUT2D eigenvalue weighted by atomic mass is 9.86. The maximum atomic E-state index is 12.5. The Hall–Kier alpha value is -1.27. The van der Waals surface area contributed by atoms with E-state index in [0.29, 0.717) is 23.7 Å². The molecule has 0 bridgehead atoms. The number of halogens is 3. The minimum Gasteiger partial charge on any atom is -0.351 e. The molecule has 4 nitrogen and oxygen atoms in total. The Morgan fingerprint density at radius 3 is 2.38 bits per heavy atom. The van der Waals surface area contributed by atoms with Crippen LogP contribution in [0.1, 0.15) is 45.4 Å². The van der Waals surface area contributed by atoms with Gasteiger partial charge in [-0.05, 0) is 31.6 Å². The van der Waals surface area contributed by atoms with Crippen LogP contribution in [-0.4, -0.2) is 41.5 Å². The zero-order valence-electron chi connectivity index (χ0n) is 12.1. The Labute approximate surface area is 122 Å². The second kappa shape index (κ2) is 6.23. The number of carbonyl (C=O) groups is 2. The summed E-state index contributed by atoms with van der Waals surface area (Å²) in [4.78, 5) is 24.3. The highest BCUT2D eigenvalue weighted by molar-refractivity contribution is 5.90. The number of alkyl halides is 3. The molecule has 0 aromatic rings. The van der Waals surface area contributed by atoms with Gasteiger partial charge in [0.05, 0.1) is 0 Å². The molecular weight excluding hydrogens is 285 g/mol. The van der Waals surface area contributed by atoms with E-state index < -0.39 is 24.0 Å². The highest BCUT2D eigenvalue weighted by atomic mass is 19.4. The molecule has 3 unspecified atom stereocenters. The molecule has 1 saturated carbocycles. The molecule has 21 heavy (non-hydrogen) atoms. The maximum absolute atomic E-state index is 12.5. The van der Waals surface area contributed by atoms with Crippen molar-refractivity contribution in [2.24, 2.45) is 5.92 Å². The van der Waals surface area contributed by atoms with Crippen LogP contribution >= 0.6 is 0 Å². The van der Waals surface area contributed by atoms with Crippen LogP contribution in [0.5, 0.6) is 0 Å². The van der Waals surface area contributed by atoms with Crippen molar-refractivity contribution in [1.29, 1.82) is 0 Å². The van der Waals surface area contributed by atoms with E-state index in [1.165, 1.54) is 0 Å². The van der Waals surface area contributed by atoms with E-state index in [1.54, 1.807) is 0 Å². The Morgan fingerprint density at radius 1 is 1.10 bits per heavy atom. The van der Waals surface area contributed by atoms with E-state index in [1.807, 2.05) is 6.92 Å². The molecule has 2 amide bonds. The lowest BCUT2D eigenvalue weighted by Gasteiger charge is -2.32. The average molecular weight is 306 g/mol. The summed E-state index contributed by atoms with van der Waals surface area (Å²) in [7, 11) is 0.